The van der Waals surface area contributed by atoms with Crippen molar-refractivity contribution in [1.82, 2.24) is 14.8 Å². The number of hydrogen-bond acceptors (Lipinski definition) is 5. The number of aromatic nitrogens is 1. The Morgan fingerprint density at radius 1 is 0.867 bits per heavy atom. The fourth-order valence-corrected chi connectivity index (χ4v) is 6.06. The topological polar surface area (TPSA) is 65.0 Å². The van der Waals surface area contributed by atoms with Gasteiger partial charge >= 0.3 is 0 Å². The molecule has 0 aliphatic carbocycles. The fraction of sp³-hybridized carbons (Fsp3) is 0.289. The van der Waals surface area contributed by atoms with Crippen LogP contribution in [-0.4, -0.2) is 61.9 Å². The molecule has 4 aromatic carbocycles. The molecule has 5 aromatic rings. The lowest BCUT2D eigenvalue weighted by Crippen LogP contribution is -2.41. The monoisotopic (exact) mass is 603 g/mol. The first-order chi connectivity index (χ1) is 22.2. The van der Waals surface area contributed by atoms with Crippen LogP contribution in [0.25, 0.3) is 10.9 Å². The molecule has 45 heavy (non-hydrogen) atoms. The first-order valence-corrected chi connectivity index (χ1v) is 15.7. The molecule has 1 aliphatic heterocycles. The molecule has 0 saturated carbocycles. The van der Waals surface area contributed by atoms with Crippen molar-refractivity contribution in [3.8, 4) is 11.5 Å². The maximum Gasteiger partial charge on any atom is 0.220 e. The molecule has 0 spiro atoms. The second-order valence-corrected chi connectivity index (χ2v) is 11.5. The first-order valence-electron chi connectivity index (χ1n) is 15.7. The standard InChI is InChI=1S/C38H41N3O4/c1-43-37-24-31(16-17-36(37)45-28-30-12-6-3-7-13-30)33(25-38(42)39-18-19-40-20-22-44-23-21-40)34-27-41(26-29-10-4-2-5-11-29)35-15-9-8-14-32(34)35/h2-17,24,27,33H,18-23,25-26,28H2,1H3,(H,39,42). The number of carbonyl (C=O) groups excluding carboxylic acids is 1. The number of para-hydroxylation sites is 1. The van der Waals surface area contributed by atoms with E-state index in [0.29, 0.717) is 31.1 Å². The van der Waals surface area contributed by atoms with E-state index in [1.807, 2.05) is 48.5 Å². The minimum Gasteiger partial charge on any atom is -0.493 e. The average Bonchev–Trinajstić information content (AvgIpc) is 3.45. The smallest absolute Gasteiger partial charge is 0.220 e. The van der Waals surface area contributed by atoms with Crippen LogP contribution in [0, 0.1) is 0 Å². The molecular weight excluding hydrogens is 562 g/mol. The number of carbonyl (C=O) groups is 1. The van der Waals surface area contributed by atoms with E-state index in [1.165, 1.54) is 5.56 Å². The van der Waals surface area contributed by atoms with Crippen LogP contribution >= 0.6 is 0 Å². The minimum absolute atomic E-state index is 0.0246. The molecule has 1 atom stereocenters. The zero-order valence-corrected chi connectivity index (χ0v) is 25.9. The van der Waals surface area contributed by atoms with Gasteiger partial charge in [-0.1, -0.05) is 84.9 Å². The van der Waals surface area contributed by atoms with E-state index in [0.717, 1.165) is 67.0 Å². The zero-order chi connectivity index (χ0) is 30.8. The highest BCUT2D eigenvalue weighted by Gasteiger charge is 2.24. The van der Waals surface area contributed by atoms with Crippen molar-refractivity contribution >= 4 is 16.8 Å². The summed E-state index contributed by atoms with van der Waals surface area (Å²) < 4.78 is 19.7. The van der Waals surface area contributed by atoms with Crippen molar-refractivity contribution in [2.24, 2.45) is 0 Å². The normalized spacial score (nSPS) is 14.2. The van der Waals surface area contributed by atoms with E-state index in [9.17, 15) is 4.79 Å². The number of hydrogen-bond donors (Lipinski definition) is 1. The van der Waals surface area contributed by atoms with Crippen molar-refractivity contribution in [2.45, 2.75) is 25.5 Å². The van der Waals surface area contributed by atoms with E-state index in [2.05, 4.69) is 75.6 Å². The Hall–Kier alpha value is -4.59. The van der Waals surface area contributed by atoms with Gasteiger partial charge in [0.15, 0.2) is 11.5 Å². The third-order valence-corrected chi connectivity index (χ3v) is 8.46. The molecule has 232 valence electrons. The van der Waals surface area contributed by atoms with Gasteiger partial charge in [-0.3, -0.25) is 9.69 Å². The molecule has 7 heteroatoms. The zero-order valence-electron chi connectivity index (χ0n) is 25.9. The molecule has 1 aromatic heterocycles. The lowest BCUT2D eigenvalue weighted by atomic mass is 9.87. The van der Waals surface area contributed by atoms with Crippen LogP contribution in [-0.2, 0) is 22.7 Å². The van der Waals surface area contributed by atoms with Crippen LogP contribution in [0.15, 0.2) is 109 Å². The summed E-state index contributed by atoms with van der Waals surface area (Å²) >= 11 is 0. The third kappa shape index (κ3) is 7.74. The summed E-state index contributed by atoms with van der Waals surface area (Å²) in [6.07, 6.45) is 2.53. The average molecular weight is 604 g/mol. The van der Waals surface area contributed by atoms with Gasteiger partial charge in [0.05, 0.1) is 20.3 Å². The minimum atomic E-state index is -0.188. The van der Waals surface area contributed by atoms with Crippen LogP contribution < -0.4 is 14.8 Å². The van der Waals surface area contributed by atoms with Gasteiger partial charge in [0.25, 0.3) is 0 Å². The Labute approximate surface area is 265 Å². The summed E-state index contributed by atoms with van der Waals surface area (Å²) in [6, 6.07) is 35.1. The number of benzene rings is 4. The number of amides is 1. The lowest BCUT2D eigenvalue weighted by molar-refractivity contribution is -0.121. The number of rotatable bonds is 13. The molecule has 1 fully saturated rings. The van der Waals surface area contributed by atoms with Gasteiger partial charge in [0, 0.05) is 62.2 Å². The van der Waals surface area contributed by atoms with Crippen molar-refractivity contribution in [3.05, 3.63) is 132 Å². The van der Waals surface area contributed by atoms with Gasteiger partial charge in [-0.05, 0) is 40.5 Å². The van der Waals surface area contributed by atoms with Crippen LogP contribution in [0.5, 0.6) is 11.5 Å². The highest BCUT2D eigenvalue weighted by atomic mass is 16.5. The fourth-order valence-electron chi connectivity index (χ4n) is 6.06. The Morgan fingerprint density at radius 3 is 2.33 bits per heavy atom. The Kier molecular flexibility index (Phi) is 10.1. The van der Waals surface area contributed by atoms with Crippen LogP contribution in [0.2, 0.25) is 0 Å². The maximum absolute atomic E-state index is 13.5. The van der Waals surface area contributed by atoms with Crippen molar-refractivity contribution in [1.29, 1.82) is 0 Å². The summed E-state index contributed by atoms with van der Waals surface area (Å²) in [4.78, 5) is 15.9. The number of ether oxygens (including phenoxy) is 3. The molecule has 1 N–H and O–H groups in total. The van der Waals surface area contributed by atoms with E-state index in [4.69, 9.17) is 14.2 Å². The molecule has 6 rings (SSSR count). The SMILES string of the molecule is COc1cc(C(CC(=O)NCCN2CCOCC2)c2cn(Cc3ccccc3)c3ccccc23)ccc1OCc1ccccc1. The van der Waals surface area contributed by atoms with Gasteiger partial charge in [-0.2, -0.15) is 0 Å². The summed E-state index contributed by atoms with van der Waals surface area (Å²) in [5, 5.41) is 4.33. The van der Waals surface area contributed by atoms with Gasteiger partial charge < -0.3 is 24.1 Å². The van der Waals surface area contributed by atoms with E-state index < -0.39 is 0 Å². The molecule has 0 bridgehead atoms. The predicted molar refractivity (Wildman–Crippen MR) is 178 cm³/mol. The quantitative estimate of drug-likeness (QED) is 0.172. The largest absolute Gasteiger partial charge is 0.493 e. The summed E-state index contributed by atoms with van der Waals surface area (Å²) in [7, 11) is 1.66. The molecular formula is C38H41N3O4. The van der Waals surface area contributed by atoms with Crippen molar-refractivity contribution in [3.63, 3.8) is 0 Å². The van der Waals surface area contributed by atoms with E-state index in [1.54, 1.807) is 7.11 Å². The molecule has 2 heterocycles. The molecule has 1 aliphatic rings. The number of nitrogens with zero attached hydrogens (tertiary/aromatic N) is 2. The third-order valence-electron chi connectivity index (χ3n) is 8.46. The molecule has 7 nitrogen and oxygen atoms in total. The molecule has 1 amide bonds. The Morgan fingerprint density at radius 2 is 1.58 bits per heavy atom. The highest BCUT2D eigenvalue weighted by molar-refractivity contribution is 5.87. The van der Waals surface area contributed by atoms with Gasteiger partial charge in [0.1, 0.15) is 6.61 Å². The van der Waals surface area contributed by atoms with Crippen molar-refractivity contribution < 1.29 is 19.0 Å². The summed E-state index contributed by atoms with van der Waals surface area (Å²) in [5.41, 5.74) is 5.57. The predicted octanol–water partition coefficient (Wildman–Crippen LogP) is 6.25. The number of nitrogens with one attached hydrogen (secondary N) is 1. The second-order valence-electron chi connectivity index (χ2n) is 11.5. The second kappa shape index (κ2) is 14.9. The molecule has 1 saturated heterocycles. The van der Waals surface area contributed by atoms with E-state index >= 15 is 0 Å². The lowest BCUT2D eigenvalue weighted by Gasteiger charge is -2.26. The molecule has 1 unspecified atom stereocenters. The van der Waals surface area contributed by atoms with Gasteiger partial charge in [-0.15, -0.1) is 0 Å². The van der Waals surface area contributed by atoms with Crippen LogP contribution in [0.3, 0.4) is 0 Å². The number of methoxy groups -OCH3 is 1. The first kappa shape index (κ1) is 30.4. The van der Waals surface area contributed by atoms with Gasteiger partial charge in [-0.25, -0.2) is 0 Å². The van der Waals surface area contributed by atoms with Crippen LogP contribution in [0.1, 0.15) is 34.6 Å². The Balaban J connectivity index is 1.30. The number of fused-ring (bicyclic) bond motifs is 1. The summed E-state index contributed by atoms with van der Waals surface area (Å²) in [5.74, 6) is 1.16. The van der Waals surface area contributed by atoms with Gasteiger partial charge in [0.2, 0.25) is 5.91 Å². The number of morpholine rings is 1. The van der Waals surface area contributed by atoms with Crippen LogP contribution in [0.4, 0.5) is 0 Å². The van der Waals surface area contributed by atoms with Crippen molar-refractivity contribution in [2.75, 3.05) is 46.5 Å². The Bertz CT molecular complexity index is 1680. The van der Waals surface area contributed by atoms with E-state index in [-0.39, 0.29) is 11.8 Å². The highest BCUT2D eigenvalue weighted by Crippen LogP contribution is 2.39. The maximum atomic E-state index is 13.5. The summed E-state index contributed by atoms with van der Waals surface area (Å²) in [6.45, 7) is 5.91. The molecule has 0 radical (unpaired) electrons.